The molecule has 19 heavy (non-hydrogen) atoms. The van der Waals surface area contributed by atoms with Crippen molar-refractivity contribution < 1.29 is 19.4 Å². The fraction of sp³-hybridized carbons (Fsp3) is 0.462. The molecule has 1 aromatic carbocycles. The van der Waals surface area contributed by atoms with E-state index in [2.05, 4.69) is 5.32 Å². The first kappa shape index (κ1) is 15.4. The molecule has 0 bridgehead atoms. The number of amides is 1. The predicted octanol–water partition coefficient (Wildman–Crippen LogP) is 2.30. The van der Waals surface area contributed by atoms with E-state index >= 15 is 0 Å². The van der Waals surface area contributed by atoms with Crippen LogP contribution < -0.4 is 10.1 Å². The summed E-state index contributed by atoms with van der Waals surface area (Å²) in [7, 11) is 0. The molecule has 0 saturated heterocycles. The number of phenolic OH excluding ortho intramolecular Hbond substituents is 1. The molecule has 0 atom stereocenters. The van der Waals surface area contributed by atoms with E-state index in [0.717, 1.165) is 0 Å². The van der Waals surface area contributed by atoms with Gasteiger partial charge in [0.15, 0.2) is 0 Å². The molecular formula is C13H18ClNO4. The Morgan fingerprint density at radius 2 is 2.26 bits per heavy atom. The van der Waals surface area contributed by atoms with E-state index in [0.29, 0.717) is 43.4 Å². The Bertz CT molecular complexity index is 412. The van der Waals surface area contributed by atoms with Gasteiger partial charge in [-0.05, 0) is 37.1 Å². The monoisotopic (exact) mass is 287 g/mol. The second-order valence-electron chi connectivity index (χ2n) is 3.73. The number of ether oxygens (including phenoxy) is 2. The zero-order chi connectivity index (χ0) is 14.1. The minimum atomic E-state index is -0.462. The van der Waals surface area contributed by atoms with Crippen molar-refractivity contribution in [3.8, 4) is 11.5 Å². The smallest absolute Gasteiger partial charge is 0.407 e. The van der Waals surface area contributed by atoms with Crippen LogP contribution in [0.25, 0.3) is 0 Å². The first-order chi connectivity index (χ1) is 9.17. The molecule has 0 radical (unpaired) electrons. The molecule has 6 heteroatoms. The lowest BCUT2D eigenvalue weighted by Gasteiger charge is -2.09. The van der Waals surface area contributed by atoms with Gasteiger partial charge >= 0.3 is 6.09 Å². The number of alkyl carbamates (subject to hydrolysis) is 1. The van der Waals surface area contributed by atoms with Crippen LogP contribution in [-0.4, -0.2) is 36.8 Å². The Morgan fingerprint density at radius 3 is 2.95 bits per heavy atom. The number of carbonyl (C=O) groups is 1. The third kappa shape index (κ3) is 5.70. The molecule has 1 rings (SSSR count). The van der Waals surface area contributed by atoms with Gasteiger partial charge in [0, 0.05) is 6.54 Å². The van der Waals surface area contributed by atoms with Crippen molar-refractivity contribution in [2.24, 2.45) is 0 Å². The van der Waals surface area contributed by atoms with Crippen molar-refractivity contribution in [2.75, 3.05) is 25.6 Å². The summed E-state index contributed by atoms with van der Waals surface area (Å²) in [4.78, 5) is 11.1. The van der Waals surface area contributed by atoms with Crippen LogP contribution in [0.15, 0.2) is 18.2 Å². The van der Waals surface area contributed by atoms with E-state index in [4.69, 9.17) is 21.1 Å². The Morgan fingerprint density at radius 1 is 1.47 bits per heavy atom. The third-order valence-electron chi connectivity index (χ3n) is 2.34. The predicted molar refractivity (Wildman–Crippen MR) is 73.1 cm³/mol. The molecule has 0 aromatic heterocycles. The molecule has 1 aromatic rings. The average molecular weight is 288 g/mol. The van der Waals surface area contributed by atoms with E-state index in [9.17, 15) is 9.90 Å². The Labute approximate surface area is 117 Å². The average Bonchev–Trinajstić information content (AvgIpc) is 2.39. The molecule has 106 valence electrons. The molecule has 0 aliphatic carbocycles. The highest BCUT2D eigenvalue weighted by atomic mass is 35.5. The Balaban J connectivity index is 2.49. The van der Waals surface area contributed by atoms with Gasteiger partial charge in [0.05, 0.1) is 12.5 Å². The Hall–Kier alpha value is -1.62. The highest BCUT2D eigenvalue weighted by molar-refractivity contribution is 6.18. The molecule has 0 spiro atoms. The van der Waals surface area contributed by atoms with Crippen molar-refractivity contribution in [2.45, 2.75) is 13.3 Å². The molecule has 0 fully saturated rings. The van der Waals surface area contributed by atoms with Crippen molar-refractivity contribution in [3.63, 3.8) is 0 Å². The number of alkyl halides is 1. The number of nitrogens with one attached hydrogen (secondary N) is 1. The van der Waals surface area contributed by atoms with Gasteiger partial charge in [0.2, 0.25) is 0 Å². The normalized spacial score (nSPS) is 10.0. The van der Waals surface area contributed by atoms with E-state index in [1.807, 2.05) is 0 Å². The zero-order valence-electron chi connectivity index (χ0n) is 10.8. The van der Waals surface area contributed by atoms with Crippen LogP contribution in [0.3, 0.4) is 0 Å². The molecule has 5 nitrogen and oxygen atoms in total. The van der Waals surface area contributed by atoms with Crippen molar-refractivity contribution in [3.05, 3.63) is 23.8 Å². The lowest BCUT2D eigenvalue weighted by Crippen LogP contribution is -2.26. The SMILES string of the molecule is CCOC(=O)NCCc1cc(OCCCl)ccc1O. The van der Waals surface area contributed by atoms with Crippen molar-refractivity contribution >= 4 is 17.7 Å². The van der Waals surface area contributed by atoms with Crippen LogP contribution in [0.2, 0.25) is 0 Å². The molecule has 0 heterocycles. The third-order valence-corrected chi connectivity index (χ3v) is 2.49. The summed E-state index contributed by atoms with van der Waals surface area (Å²) in [6, 6.07) is 4.96. The molecule has 0 saturated carbocycles. The van der Waals surface area contributed by atoms with Crippen LogP contribution in [0.5, 0.6) is 11.5 Å². The van der Waals surface area contributed by atoms with Gasteiger partial charge in [0.1, 0.15) is 18.1 Å². The zero-order valence-corrected chi connectivity index (χ0v) is 11.6. The largest absolute Gasteiger partial charge is 0.508 e. The highest BCUT2D eigenvalue weighted by Gasteiger charge is 2.05. The topological polar surface area (TPSA) is 67.8 Å². The van der Waals surface area contributed by atoms with Crippen LogP contribution in [0.4, 0.5) is 4.79 Å². The number of phenols is 1. The van der Waals surface area contributed by atoms with Crippen molar-refractivity contribution in [1.29, 1.82) is 0 Å². The maximum Gasteiger partial charge on any atom is 0.407 e. The van der Waals surface area contributed by atoms with E-state index in [1.54, 1.807) is 25.1 Å². The number of hydrogen-bond acceptors (Lipinski definition) is 4. The minimum absolute atomic E-state index is 0.170. The van der Waals surface area contributed by atoms with Gasteiger partial charge in [0.25, 0.3) is 0 Å². The fourth-order valence-corrected chi connectivity index (χ4v) is 1.57. The summed E-state index contributed by atoms with van der Waals surface area (Å²) in [5, 5.41) is 12.3. The van der Waals surface area contributed by atoms with Crippen LogP contribution in [0.1, 0.15) is 12.5 Å². The summed E-state index contributed by atoms with van der Waals surface area (Å²) < 4.78 is 10.1. The van der Waals surface area contributed by atoms with Crippen LogP contribution in [0, 0.1) is 0 Å². The highest BCUT2D eigenvalue weighted by Crippen LogP contribution is 2.23. The first-order valence-corrected chi connectivity index (χ1v) is 6.62. The van der Waals surface area contributed by atoms with Gasteiger partial charge in [-0.15, -0.1) is 11.6 Å². The molecule has 0 unspecified atom stereocenters. The number of halogens is 1. The standard InChI is InChI=1S/C13H18ClNO4/c1-2-18-13(17)15-7-5-10-9-11(19-8-6-14)3-4-12(10)16/h3-4,9,16H,2,5-8H2,1H3,(H,15,17). The van der Waals surface area contributed by atoms with Gasteiger partial charge in [-0.25, -0.2) is 4.79 Å². The summed E-state index contributed by atoms with van der Waals surface area (Å²) in [5.74, 6) is 1.22. The second kappa shape index (κ2) is 8.48. The summed E-state index contributed by atoms with van der Waals surface area (Å²) in [6.07, 6.45) is 0.0273. The second-order valence-corrected chi connectivity index (χ2v) is 4.10. The van der Waals surface area contributed by atoms with Crippen LogP contribution in [-0.2, 0) is 11.2 Å². The first-order valence-electron chi connectivity index (χ1n) is 6.08. The number of rotatable bonds is 7. The molecule has 0 aliphatic heterocycles. The van der Waals surface area contributed by atoms with Gasteiger partial charge in [-0.2, -0.15) is 0 Å². The van der Waals surface area contributed by atoms with Crippen molar-refractivity contribution in [1.82, 2.24) is 5.32 Å². The Kier molecular flexibility index (Phi) is 6.89. The van der Waals surface area contributed by atoms with Gasteiger partial charge in [-0.3, -0.25) is 0 Å². The van der Waals surface area contributed by atoms with E-state index in [1.165, 1.54) is 0 Å². The van der Waals surface area contributed by atoms with E-state index in [-0.39, 0.29) is 5.75 Å². The lowest BCUT2D eigenvalue weighted by molar-refractivity contribution is 0.152. The maximum atomic E-state index is 11.1. The maximum absolute atomic E-state index is 11.1. The fourth-order valence-electron chi connectivity index (χ4n) is 1.49. The summed E-state index contributed by atoms with van der Waals surface area (Å²) >= 11 is 5.53. The number of hydrogen-bond donors (Lipinski definition) is 2. The van der Waals surface area contributed by atoms with Gasteiger partial charge in [-0.1, -0.05) is 0 Å². The summed E-state index contributed by atoms with van der Waals surface area (Å²) in [5.41, 5.74) is 0.698. The summed E-state index contributed by atoms with van der Waals surface area (Å²) in [6.45, 7) is 2.86. The molecule has 2 N–H and O–H groups in total. The molecular weight excluding hydrogens is 270 g/mol. The number of benzene rings is 1. The van der Waals surface area contributed by atoms with E-state index < -0.39 is 6.09 Å². The van der Waals surface area contributed by atoms with Gasteiger partial charge < -0.3 is 19.9 Å². The quantitative estimate of drug-likeness (QED) is 0.755. The number of aromatic hydroxyl groups is 1. The molecule has 0 aliphatic rings. The van der Waals surface area contributed by atoms with Crippen LogP contribution >= 0.6 is 11.6 Å². The molecule has 1 amide bonds. The minimum Gasteiger partial charge on any atom is -0.508 e. The number of carbonyl (C=O) groups excluding carboxylic acids is 1. The lowest BCUT2D eigenvalue weighted by atomic mass is 10.1.